The van der Waals surface area contributed by atoms with Crippen LogP contribution in [0.1, 0.15) is 5.56 Å². The molecular formula is C21H14Cl2N2O2. The maximum atomic E-state index is 12.3. The van der Waals surface area contributed by atoms with E-state index in [0.29, 0.717) is 39.1 Å². The van der Waals surface area contributed by atoms with E-state index in [0.717, 1.165) is 11.1 Å². The third-order valence-electron chi connectivity index (χ3n) is 4.11. The van der Waals surface area contributed by atoms with Gasteiger partial charge in [-0.3, -0.25) is 4.79 Å². The van der Waals surface area contributed by atoms with Gasteiger partial charge >= 0.3 is 0 Å². The highest BCUT2D eigenvalue weighted by atomic mass is 35.5. The normalized spacial score (nSPS) is 10.9. The number of aromatic nitrogens is 2. The Morgan fingerprint density at radius 1 is 0.926 bits per heavy atom. The number of benzene rings is 3. The van der Waals surface area contributed by atoms with E-state index in [-0.39, 0.29) is 5.56 Å². The van der Waals surface area contributed by atoms with Crippen LogP contribution >= 0.6 is 23.2 Å². The number of nitrogens with zero attached hydrogens (tertiary/aromatic N) is 1. The Bertz CT molecular complexity index is 1190. The first-order chi connectivity index (χ1) is 13.1. The molecule has 0 fully saturated rings. The lowest BCUT2D eigenvalue weighted by atomic mass is 10.2. The average molecular weight is 397 g/mol. The number of hydrogen-bond donors (Lipinski definition) is 1. The Hall–Kier alpha value is -2.82. The number of rotatable bonds is 4. The van der Waals surface area contributed by atoms with Gasteiger partial charge < -0.3 is 9.72 Å². The summed E-state index contributed by atoms with van der Waals surface area (Å²) in [6, 6.07) is 20.0. The predicted molar refractivity (Wildman–Crippen MR) is 109 cm³/mol. The average Bonchev–Trinajstić information content (AvgIpc) is 2.69. The van der Waals surface area contributed by atoms with E-state index in [9.17, 15) is 4.79 Å². The molecular weight excluding hydrogens is 383 g/mol. The zero-order chi connectivity index (χ0) is 18.8. The number of fused-ring (bicyclic) bond motifs is 1. The van der Waals surface area contributed by atoms with Crippen molar-refractivity contribution in [2.45, 2.75) is 6.61 Å². The van der Waals surface area contributed by atoms with Crippen LogP contribution in [-0.2, 0) is 6.61 Å². The monoisotopic (exact) mass is 396 g/mol. The van der Waals surface area contributed by atoms with Crippen LogP contribution in [0.2, 0.25) is 10.0 Å². The van der Waals surface area contributed by atoms with Gasteiger partial charge in [0.25, 0.3) is 5.56 Å². The number of H-pyrrole nitrogens is 1. The van der Waals surface area contributed by atoms with Crippen molar-refractivity contribution in [3.05, 3.63) is 92.7 Å². The van der Waals surface area contributed by atoms with E-state index in [1.165, 1.54) is 0 Å². The Kier molecular flexibility index (Phi) is 4.84. The van der Waals surface area contributed by atoms with Gasteiger partial charge in [0.1, 0.15) is 18.2 Å². The zero-order valence-corrected chi connectivity index (χ0v) is 15.6. The van der Waals surface area contributed by atoms with Gasteiger partial charge in [0, 0.05) is 5.56 Å². The van der Waals surface area contributed by atoms with Gasteiger partial charge in [0.15, 0.2) is 0 Å². The molecule has 1 aromatic heterocycles. The minimum absolute atomic E-state index is 0.169. The molecule has 134 valence electrons. The lowest BCUT2D eigenvalue weighted by Crippen LogP contribution is -2.09. The fourth-order valence-corrected chi connectivity index (χ4v) is 3.07. The molecule has 0 aliphatic heterocycles. The minimum atomic E-state index is -0.169. The zero-order valence-electron chi connectivity index (χ0n) is 14.1. The molecule has 0 atom stereocenters. The maximum absolute atomic E-state index is 12.3. The molecule has 0 saturated carbocycles. The highest BCUT2D eigenvalue weighted by Gasteiger charge is 2.07. The number of halogens is 2. The summed E-state index contributed by atoms with van der Waals surface area (Å²) in [5.74, 6) is 1.16. The molecule has 6 heteroatoms. The van der Waals surface area contributed by atoms with E-state index >= 15 is 0 Å². The lowest BCUT2D eigenvalue weighted by Gasteiger charge is -2.09. The molecule has 4 nitrogen and oxygen atoms in total. The van der Waals surface area contributed by atoms with Crippen molar-refractivity contribution in [3.8, 4) is 17.1 Å². The molecule has 0 amide bonds. The molecule has 0 aliphatic carbocycles. The number of nitrogens with one attached hydrogen (secondary N) is 1. The van der Waals surface area contributed by atoms with E-state index in [4.69, 9.17) is 27.9 Å². The SMILES string of the molecule is O=c1[nH]c(-c2cccc(OCc3ccc(Cl)c(Cl)c3)c2)nc2ccccc12. The largest absolute Gasteiger partial charge is 0.489 e. The van der Waals surface area contributed by atoms with Gasteiger partial charge in [-0.05, 0) is 42.0 Å². The van der Waals surface area contributed by atoms with Crippen molar-refractivity contribution in [2.24, 2.45) is 0 Å². The van der Waals surface area contributed by atoms with Gasteiger partial charge in [-0.1, -0.05) is 53.5 Å². The predicted octanol–water partition coefficient (Wildman–Crippen LogP) is 5.48. The fraction of sp³-hybridized carbons (Fsp3) is 0.0476. The summed E-state index contributed by atoms with van der Waals surface area (Å²) in [7, 11) is 0. The second-order valence-corrected chi connectivity index (χ2v) is 6.81. The van der Waals surface area contributed by atoms with Gasteiger partial charge in [0.2, 0.25) is 0 Å². The van der Waals surface area contributed by atoms with Gasteiger partial charge in [-0.25, -0.2) is 4.98 Å². The Morgan fingerprint density at radius 2 is 1.78 bits per heavy atom. The first-order valence-corrected chi connectivity index (χ1v) is 9.02. The summed E-state index contributed by atoms with van der Waals surface area (Å²) in [5.41, 5.74) is 2.16. The first kappa shape index (κ1) is 17.6. The van der Waals surface area contributed by atoms with Crippen LogP contribution in [0.5, 0.6) is 5.75 Å². The quantitative estimate of drug-likeness (QED) is 0.497. The molecule has 1 N–H and O–H groups in total. The molecule has 27 heavy (non-hydrogen) atoms. The summed E-state index contributed by atoms with van der Waals surface area (Å²) >= 11 is 12.0. The van der Waals surface area contributed by atoms with Crippen molar-refractivity contribution in [2.75, 3.05) is 0 Å². The molecule has 0 bridgehead atoms. The van der Waals surface area contributed by atoms with Crippen molar-refractivity contribution in [1.82, 2.24) is 9.97 Å². The molecule has 0 radical (unpaired) electrons. The number of hydrogen-bond acceptors (Lipinski definition) is 3. The number of ether oxygens (including phenoxy) is 1. The number of aromatic amines is 1. The molecule has 4 rings (SSSR count). The summed E-state index contributed by atoms with van der Waals surface area (Å²) in [4.78, 5) is 19.6. The second kappa shape index (κ2) is 7.43. The van der Waals surface area contributed by atoms with E-state index < -0.39 is 0 Å². The van der Waals surface area contributed by atoms with Crippen LogP contribution in [0.15, 0.2) is 71.5 Å². The maximum Gasteiger partial charge on any atom is 0.259 e. The van der Waals surface area contributed by atoms with Crippen molar-refractivity contribution >= 4 is 34.1 Å². The van der Waals surface area contributed by atoms with Gasteiger partial charge in [-0.15, -0.1) is 0 Å². The fourth-order valence-electron chi connectivity index (χ4n) is 2.75. The van der Waals surface area contributed by atoms with Crippen LogP contribution in [0.3, 0.4) is 0 Å². The third-order valence-corrected chi connectivity index (χ3v) is 4.85. The molecule has 0 spiro atoms. The van der Waals surface area contributed by atoms with Crippen molar-refractivity contribution in [3.63, 3.8) is 0 Å². The van der Waals surface area contributed by atoms with Crippen LogP contribution in [0.4, 0.5) is 0 Å². The second-order valence-electron chi connectivity index (χ2n) is 6.00. The highest BCUT2D eigenvalue weighted by molar-refractivity contribution is 6.42. The molecule has 1 heterocycles. The summed E-state index contributed by atoms with van der Waals surface area (Å²) < 4.78 is 5.85. The molecule has 0 unspecified atom stereocenters. The molecule has 0 saturated heterocycles. The van der Waals surface area contributed by atoms with E-state index in [2.05, 4.69) is 9.97 Å². The van der Waals surface area contributed by atoms with Gasteiger partial charge in [-0.2, -0.15) is 0 Å². The summed E-state index contributed by atoms with van der Waals surface area (Å²) in [6.45, 7) is 0.349. The summed E-state index contributed by atoms with van der Waals surface area (Å²) in [6.07, 6.45) is 0. The standard InChI is InChI=1S/C21H14Cl2N2O2/c22-17-9-8-13(10-18(17)23)12-27-15-5-3-4-14(11-15)20-24-19-7-2-1-6-16(19)21(26)25-20/h1-11H,12H2,(H,24,25,26). The van der Waals surface area contributed by atoms with Crippen molar-refractivity contribution in [1.29, 1.82) is 0 Å². The first-order valence-electron chi connectivity index (χ1n) is 8.26. The number of para-hydroxylation sites is 1. The molecule has 0 aliphatic rings. The van der Waals surface area contributed by atoms with Crippen molar-refractivity contribution < 1.29 is 4.74 Å². The smallest absolute Gasteiger partial charge is 0.259 e. The highest BCUT2D eigenvalue weighted by Crippen LogP contribution is 2.25. The van der Waals surface area contributed by atoms with Crippen LogP contribution < -0.4 is 10.3 Å². The van der Waals surface area contributed by atoms with E-state index in [1.807, 2.05) is 48.5 Å². The van der Waals surface area contributed by atoms with Crippen LogP contribution in [0, 0.1) is 0 Å². The minimum Gasteiger partial charge on any atom is -0.489 e. The Balaban J connectivity index is 1.61. The third kappa shape index (κ3) is 3.82. The Morgan fingerprint density at radius 3 is 2.63 bits per heavy atom. The lowest BCUT2D eigenvalue weighted by molar-refractivity contribution is 0.306. The topological polar surface area (TPSA) is 55.0 Å². The summed E-state index contributed by atoms with van der Waals surface area (Å²) in [5, 5.41) is 1.56. The Labute approximate surface area is 165 Å². The van der Waals surface area contributed by atoms with Crippen LogP contribution in [-0.4, -0.2) is 9.97 Å². The molecule has 4 aromatic rings. The van der Waals surface area contributed by atoms with Gasteiger partial charge in [0.05, 0.1) is 20.9 Å². The molecule has 3 aromatic carbocycles. The van der Waals surface area contributed by atoms with E-state index in [1.54, 1.807) is 18.2 Å². The van der Waals surface area contributed by atoms with Crippen LogP contribution in [0.25, 0.3) is 22.3 Å².